The summed E-state index contributed by atoms with van der Waals surface area (Å²) >= 11 is 3.23. The lowest BCUT2D eigenvalue weighted by Crippen LogP contribution is -2.12. The quantitative estimate of drug-likeness (QED) is 0.888. The molecule has 0 amide bonds. The molecule has 0 radical (unpaired) electrons. The summed E-state index contributed by atoms with van der Waals surface area (Å²) in [6, 6.07) is 9.54. The van der Waals surface area contributed by atoms with Gasteiger partial charge in [-0.25, -0.2) is 18.5 Å². The first-order valence-corrected chi connectivity index (χ1v) is 8.04. The molecule has 0 saturated carbocycles. The predicted molar refractivity (Wildman–Crippen MR) is 78.8 cm³/mol. The number of rotatable bonds is 4. The molecule has 1 aromatic carbocycles. The van der Waals surface area contributed by atoms with Crippen molar-refractivity contribution in [1.82, 2.24) is 4.98 Å². The monoisotopic (exact) mass is 367 g/mol. The van der Waals surface area contributed by atoms with Crippen LogP contribution >= 0.6 is 15.9 Å². The van der Waals surface area contributed by atoms with E-state index in [4.69, 9.17) is 15.1 Å². The summed E-state index contributed by atoms with van der Waals surface area (Å²) in [5, 5.41) is 13.8. The Kier molecular flexibility index (Phi) is 4.57. The zero-order valence-corrected chi connectivity index (χ0v) is 13.1. The fourth-order valence-corrected chi connectivity index (χ4v) is 2.75. The molecular formula is C13H10BrN3O3S. The third-order valence-corrected chi connectivity index (χ3v) is 4.10. The van der Waals surface area contributed by atoms with Crippen molar-refractivity contribution in [2.45, 2.75) is 11.5 Å². The molecule has 0 bridgehead atoms. The second kappa shape index (κ2) is 6.22. The van der Waals surface area contributed by atoms with Crippen LogP contribution in [0.2, 0.25) is 0 Å². The number of primary sulfonamides is 1. The van der Waals surface area contributed by atoms with Crippen LogP contribution in [0.25, 0.3) is 0 Å². The Bertz CT molecular complexity index is 816. The number of nitriles is 1. The Morgan fingerprint density at radius 2 is 2.10 bits per heavy atom. The van der Waals surface area contributed by atoms with Crippen molar-refractivity contribution in [1.29, 1.82) is 5.26 Å². The molecule has 1 heterocycles. The van der Waals surface area contributed by atoms with Gasteiger partial charge in [-0.05, 0) is 51.8 Å². The molecule has 2 aromatic rings. The fraction of sp³-hybridized carbons (Fsp3) is 0.0769. The van der Waals surface area contributed by atoms with E-state index in [9.17, 15) is 8.42 Å². The predicted octanol–water partition coefficient (Wildman–Crippen LogP) is 1.94. The summed E-state index contributed by atoms with van der Waals surface area (Å²) in [5.41, 5.74) is 1.09. The largest absolute Gasteiger partial charge is 0.488 e. The van der Waals surface area contributed by atoms with E-state index in [0.717, 1.165) is 5.56 Å². The lowest BCUT2D eigenvalue weighted by molar-refractivity contribution is 0.304. The first-order chi connectivity index (χ1) is 9.90. The molecule has 21 heavy (non-hydrogen) atoms. The molecule has 0 unspecified atom stereocenters. The molecule has 0 aliphatic heterocycles. The zero-order valence-electron chi connectivity index (χ0n) is 10.7. The molecule has 0 atom stereocenters. The van der Waals surface area contributed by atoms with Crippen LogP contribution in [0.1, 0.15) is 11.3 Å². The van der Waals surface area contributed by atoms with Crippen molar-refractivity contribution in [2.24, 2.45) is 5.14 Å². The number of pyridine rings is 1. The van der Waals surface area contributed by atoms with Crippen molar-refractivity contribution in [3.8, 4) is 11.8 Å². The van der Waals surface area contributed by atoms with E-state index in [1.807, 2.05) is 6.07 Å². The summed E-state index contributed by atoms with van der Waals surface area (Å²) in [7, 11) is -3.75. The number of aromatic nitrogens is 1. The van der Waals surface area contributed by atoms with Crippen molar-refractivity contribution in [3.63, 3.8) is 0 Å². The van der Waals surface area contributed by atoms with Crippen LogP contribution in [0.4, 0.5) is 0 Å². The maximum absolute atomic E-state index is 11.2. The van der Waals surface area contributed by atoms with Gasteiger partial charge in [0.25, 0.3) is 0 Å². The Balaban J connectivity index is 2.15. The molecule has 1 aromatic heterocycles. The van der Waals surface area contributed by atoms with Crippen LogP contribution in [-0.2, 0) is 16.6 Å². The highest BCUT2D eigenvalue weighted by atomic mass is 79.9. The highest BCUT2D eigenvalue weighted by Crippen LogP contribution is 2.28. The van der Waals surface area contributed by atoms with Gasteiger partial charge in [-0.1, -0.05) is 0 Å². The normalized spacial score (nSPS) is 10.9. The third-order valence-electron chi connectivity index (χ3n) is 2.57. The van der Waals surface area contributed by atoms with Crippen LogP contribution in [0, 0.1) is 11.3 Å². The molecule has 6 nitrogen and oxygen atoms in total. The summed E-state index contributed by atoms with van der Waals surface area (Å²) in [5.74, 6) is 0.470. The molecule has 0 fully saturated rings. The fourth-order valence-electron chi connectivity index (χ4n) is 1.56. The van der Waals surface area contributed by atoms with Gasteiger partial charge >= 0.3 is 0 Å². The van der Waals surface area contributed by atoms with Gasteiger partial charge in [-0.3, -0.25) is 0 Å². The topological polar surface area (TPSA) is 106 Å². The van der Waals surface area contributed by atoms with E-state index in [2.05, 4.69) is 20.9 Å². The van der Waals surface area contributed by atoms with Gasteiger partial charge in [-0.15, -0.1) is 0 Å². The van der Waals surface area contributed by atoms with E-state index < -0.39 is 10.0 Å². The van der Waals surface area contributed by atoms with Gasteiger partial charge in [0, 0.05) is 6.20 Å². The van der Waals surface area contributed by atoms with Crippen LogP contribution in [0.5, 0.6) is 5.75 Å². The first-order valence-electron chi connectivity index (χ1n) is 5.70. The van der Waals surface area contributed by atoms with Gasteiger partial charge in [0.2, 0.25) is 10.0 Å². The Morgan fingerprint density at radius 1 is 1.33 bits per heavy atom. The smallest absolute Gasteiger partial charge is 0.238 e. The summed E-state index contributed by atoms with van der Waals surface area (Å²) in [4.78, 5) is 3.86. The average molecular weight is 368 g/mol. The van der Waals surface area contributed by atoms with Gasteiger partial charge in [0.1, 0.15) is 24.1 Å². The standard InChI is InChI=1S/C13H10BrN3O3S/c14-12-6-11(21(16,18)19)1-2-13(12)20-8-9-3-4-17-10(5-9)7-15/h1-6H,8H2,(H2,16,18,19). The van der Waals surface area contributed by atoms with Crippen LogP contribution in [0.15, 0.2) is 45.9 Å². The van der Waals surface area contributed by atoms with Crippen molar-refractivity contribution >= 4 is 26.0 Å². The van der Waals surface area contributed by atoms with Crippen LogP contribution in [0.3, 0.4) is 0 Å². The lowest BCUT2D eigenvalue weighted by Gasteiger charge is -2.09. The average Bonchev–Trinajstić information content (AvgIpc) is 2.45. The summed E-state index contributed by atoms with van der Waals surface area (Å²) in [6.45, 7) is 0.227. The molecule has 108 valence electrons. The van der Waals surface area contributed by atoms with Crippen LogP contribution < -0.4 is 9.88 Å². The van der Waals surface area contributed by atoms with Crippen molar-refractivity contribution in [2.75, 3.05) is 0 Å². The van der Waals surface area contributed by atoms with E-state index >= 15 is 0 Å². The summed E-state index contributed by atoms with van der Waals surface area (Å²) < 4.78 is 28.5. The van der Waals surface area contributed by atoms with E-state index in [-0.39, 0.29) is 11.5 Å². The molecule has 8 heteroatoms. The second-order valence-corrected chi connectivity index (χ2v) is 6.50. The Labute approximate surface area is 130 Å². The minimum Gasteiger partial charge on any atom is -0.488 e. The Morgan fingerprint density at radius 3 is 2.71 bits per heavy atom. The third kappa shape index (κ3) is 4.01. The molecular weight excluding hydrogens is 358 g/mol. The highest BCUT2D eigenvalue weighted by molar-refractivity contribution is 9.10. The van der Waals surface area contributed by atoms with Gasteiger partial charge in [-0.2, -0.15) is 5.26 Å². The van der Waals surface area contributed by atoms with Gasteiger partial charge in [0.15, 0.2) is 0 Å². The minimum absolute atomic E-state index is 0.00240. The SMILES string of the molecule is N#Cc1cc(COc2ccc(S(N)(=O)=O)cc2Br)ccn1. The van der Waals surface area contributed by atoms with E-state index in [0.29, 0.717) is 15.9 Å². The molecule has 0 saturated heterocycles. The number of hydrogen-bond donors (Lipinski definition) is 1. The maximum Gasteiger partial charge on any atom is 0.238 e. The number of hydrogen-bond acceptors (Lipinski definition) is 5. The number of benzene rings is 1. The first kappa shape index (κ1) is 15.4. The molecule has 0 spiro atoms. The molecule has 0 aliphatic carbocycles. The number of sulfonamides is 1. The van der Waals surface area contributed by atoms with Crippen molar-refractivity contribution < 1.29 is 13.2 Å². The molecule has 2 N–H and O–H groups in total. The van der Waals surface area contributed by atoms with Crippen LogP contribution in [-0.4, -0.2) is 13.4 Å². The van der Waals surface area contributed by atoms with E-state index in [1.165, 1.54) is 24.4 Å². The highest BCUT2D eigenvalue weighted by Gasteiger charge is 2.11. The van der Waals surface area contributed by atoms with Gasteiger partial charge in [0.05, 0.1) is 9.37 Å². The number of halogens is 1. The Hall–Kier alpha value is -1.95. The maximum atomic E-state index is 11.2. The number of nitrogens with two attached hydrogens (primary N) is 1. The lowest BCUT2D eigenvalue weighted by atomic mass is 10.2. The molecule has 2 rings (SSSR count). The van der Waals surface area contributed by atoms with Crippen molar-refractivity contribution in [3.05, 3.63) is 52.3 Å². The second-order valence-electron chi connectivity index (χ2n) is 4.09. The minimum atomic E-state index is -3.75. The van der Waals surface area contributed by atoms with E-state index in [1.54, 1.807) is 12.1 Å². The zero-order chi connectivity index (χ0) is 15.5. The summed E-state index contributed by atoms with van der Waals surface area (Å²) in [6.07, 6.45) is 1.52. The number of nitrogens with zero attached hydrogens (tertiary/aromatic N) is 2. The number of ether oxygens (including phenoxy) is 1. The molecule has 0 aliphatic rings. The van der Waals surface area contributed by atoms with Gasteiger partial charge < -0.3 is 4.74 Å².